The number of aryl methyl sites for hydroxylation is 1. The molecule has 4 aromatic rings. The van der Waals surface area contributed by atoms with E-state index in [0.29, 0.717) is 9.21 Å². The van der Waals surface area contributed by atoms with Gasteiger partial charge >= 0.3 is 0 Å². The maximum absolute atomic E-state index is 12.7. The minimum Gasteiger partial charge on any atom is -0.312 e. The van der Waals surface area contributed by atoms with E-state index in [2.05, 4.69) is 11.4 Å². The Morgan fingerprint density at radius 1 is 1.04 bits per heavy atom. The number of carbonyl (C=O) groups is 1. The number of nitrogens with zero attached hydrogens (tertiary/aromatic N) is 1. The average molecular weight is 431 g/mol. The number of hydrogen-bond donors (Lipinski definition) is 1. The largest absolute Gasteiger partial charge is 0.312 e. The van der Waals surface area contributed by atoms with Crippen molar-refractivity contribution < 1.29 is 4.79 Å². The number of para-hydroxylation sites is 1. The Morgan fingerprint density at radius 3 is 2.70 bits per heavy atom. The third-order valence-corrected chi connectivity index (χ3v) is 8.19. The van der Waals surface area contributed by atoms with Gasteiger partial charge in [-0.05, 0) is 55.5 Å². The van der Waals surface area contributed by atoms with Crippen molar-refractivity contribution in [3.63, 3.8) is 0 Å². The zero-order valence-corrected chi connectivity index (χ0v) is 17.5. The molecule has 3 aromatic heterocycles. The molecule has 0 radical (unpaired) electrons. The standard InChI is InChI=1S/C20H15ClN2OS3/c21-16-10-9-15(25-16)18(24)23-20-17(11-5-1-3-7-13(11)26-20)19-22-12-6-2-4-8-14(12)27-19/h2,4,6,8-10H,1,3,5,7H2,(H,23,24). The molecular formula is C20H15ClN2OS3. The van der Waals surface area contributed by atoms with E-state index in [4.69, 9.17) is 16.6 Å². The molecule has 3 nitrogen and oxygen atoms in total. The van der Waals surface area contributed by atoms with Crippen LogP contribution in [0.25, 0.3) is 20.8 Å². The first-order valence-electron chi connectivity index (χ1n) is 8.76. The number of thiophene rings is 2. The molecule has 1 aliphatic carbocycles. The van der Waals surface area contributed by atoms with Crippen LogP contribution < -0.4 is 5.32 Å². The van der Waals surface area contributed by atoms with E-state index in [-0.39, 0.29) is 5.91 Å². The fourth-order valence-corrected chi connectivity index (χ4v) is 6.79. The number of aromatic nitrogens is 1. The van der Waals surface area contributed by atoms with Crippen molar-refractivity contribution in [1.82, 2.24) is 4.98 Å². The first-order valence-corrected chi connectivity index (χ1v) is 11.6. The summed E-state index contributed by atoms with van der Waals surface area (Å²) in [6, 6.07) is 11.7. The summed E-state index contributed by atoms with van der Waals surface area (Å²) >= 11 is 10.7. The second-order valence-electron chi connectivity index (χ2n) is 6.46. The molecule has 5 rings (SSSR count). The highest BCUT2D eigenvalue weighted by Crippen LogP contribution is 2.46. The summed E-state index contributed by atoms with van der Waals surface area (Å²) in [4.78, 5) is 19.6. The SMILES string of the molecule is O=C(Nc1sc2c(c1-c1nc3ccccc3s1)CCCC2)c1ccc(Cl)s1. The normalized spacial score (nSPS) is 13.7. The van der Waals surface area contributed by atoms with E-state index in [1.807, 2.05) is 18.2 Å². The van der Waals surface area contributed by atoms with E-state index in [1.54, 1.807) is 34.8 Å². The minimum atomic E-state index is -0.104. The number of carbonyl (C=O) groups excluding carboxylic acids is 1. The fourth-order valence-electron chi connectivity index (χ4n) is 3.46. The quantitative estimate of drug-likeness (QED) is 0.385. The number of anilines is 1. The molecule has 3 heterocycles. The van der Waals surface area contributed by atoms with Gasteiger partial charge < -0.3 is 5.32 Å². The molecule has 136 valence electrons. The molecule has 0 bridgehead atoms. The highest BCUT2D eigenvalue weighted by molar-refractivity contribution is 7.23. The van der Waals surface area contributed by atoms with Crippen LogP contribution in [0.1, 0.15) is 33.0 Å². The molecule has 1 amide bonds. The van der Waals surface area contributed by atoms with Crippen LogP contribution in [0.3, 0.4) is 0 Å². The number of nitrogens with one attached hydrogen (secondary N) is 1. The Labute approximate surface area is 173 Å². The van der Waals surface area contributed by atoms with E-state index < -0.39 is 0 Å². The fraction of sp³-hybridized carbons (Fsp3) is 0.200. The Balaban J connectivity index is 1.60. The Bertz CT molecular complexity index is 1120. The van der Waals surface area contributed by atoms with Gasteiger partial charge in [-0.2, -0.15) is 0 Å². The van der Waals surface area contributed by atoms with Crippen molar-refractivity contribution >= 4 is 66.7 Å². The highest BCUT2D eigenvalue weighted by Gasteiger charge is 2.25. The summed E-state index contributed by atoms with van der Waals surface area (Å²) in [6.07, 6.45) is 4.53. The first kappa shape index (κ1) is 17.4. The van der Waals surface area contributed by atoms with Crippen LogP contribution in [0.4, 0.5) is 5.00 Å². The number of fused-ring (bicyclic) bond motifs is 2. The molecule has 1 N–H and O–H groups in total. The number of amides is 1. The summed E-state index contributed by atoms with van der Waals surface area (Å²) in [5.41, 5.74) is 3.49. The smallest absolute Gasteiger partial charge is 0.266 e. The van der Waals surface area contributed by atoms with E-state index in [9.17, 15) is 4.79 Å². The van der Waals surface area contributed by atoms with Gasteiger partial charge in [0.15, 0.2) is 0 Å². The average Bonchev–Trinajstić information content (AvgIpc) is 3.36. The summed E-state index contributed by atoms with van der Waals surface area (Å²) < 4.78 is 1.79. The van der Waals surface area contributed by atoms with E-state index in [1.165, 1.54) is 39.3 Å². The molecule has 0 fully saturated rings. The molecule has 1 aliphatic rings. The lowest BCUT2D eigenvalue weighted by Crippen LogP contribution is -2.09. The third kappa shape index (κ3) is 3.21. The van der Waals surface area contributed by atoms with Gasteiger partial charge in [0.05, 0.1) is 19.4 Å². The van der Waals surface area contributed by atoms with Gasteiger partial charge in [0, 0.05) is 10.4 Å². The van der Waals surface area contributed by atoms with Crippen molar-refractivity contribution in [3.8, 4) is 10.6 Å². The lowest BCUT2D eigenvalue weighted by molar-refractivity contribution is 0.103. The van der Waals surface area contributed by atoms with Gasteiger partial charge in [0.25, 0.3) is 5.91 Å². The molecule has 0 saturated carbocycles. The summed E-state index contributed by atoms with van der Waals surface area (Å²) in [6.45, 7) is 0. The van der Waals surface area contributed by atoms with Crippen LogP contribution in [0.2, 0.25) is 4.34 Å². The van der Waals surface area contributed by atoms with Crippen molar-refractivity contribution in [2.45, 2.75) is 25.7 Å². The molecule has 0 saturated heterocycles. The van der Waals surface area contributed by atoms with Crippen molar-refractivity contribution in [1.29, 1.82) is 0 Å². The van der Waals surface area contributed by atoms with Crippen molar-refractivity contribution in [2.24, 2.45) is 0 Å². The zero-order valence-electron chi connectivity index (χ0n) is 14.3. The molecule has 0 aliphatic heterocycles. The first-order chi connectivity index (χ1) is 13.2. The van der Waals surface area contributed by atoms with Gasteiger partial charge in [-0.1, -0.05) is 23.7 Å². The summed E-state index contributed by atoms with van der Waals surface area (Å²) in [5, 5.41) is 5.05. The van der Waals surface area contributed by atoms with Crippen LogP contribution in [-0.2, 0) is 12.8 Å². The molecule has 0 atom stereocenters. The van der Waals surface area contributed by atoms with Crippen LogP contribution in [0, 0.1) is 0 Å². The Kier molecular flexibility index (Phi) is 4.52. The molecule has 27 heavy (non-hydrogen) atoms. The zero-order chi connectivity index (χ0) is 18.4. The van der Waals surface area contributed by atoms with Gasteiger partial charge in [-0.15, -0.1) is 34.0 Å². The Hall–Kier alpha value is -1.73. The van der Waals surface area contributed by atoms with Crippen molar-refractivity contribution in [2.75, 3.05) is 5.32 Å². The maximum atomic E-state index is 12.7. The summed E-state index contributed by atoms with van der Waals surface area (Å²) in [5.74, 6) is -0.104. The molecule has 1 aromatic carbocycles. The van der Waals surface area contributed by atoms with Crippen molar-refractivity contribution in [3.05, 3.63) is 56.1 Å². The predicted molar refractivity (Wildman–Crippen MR) is 117 cm³/mol. The molecule has 0 spiro atoms. The van der Waals surface area contributed by atoms with Crippen LogP contribution in [0.5, 0.6) is 0 Å². The number of rotatable bonds is 3. The minimum absolute atomic E-state index is 0.104. The lowest BCUT2D eigenvalue weighted by Gasteiger charge is -2.11. The number of hydrogen-bond acceptors (Lipinski definition) is 5. The monoisotopic (exact) mass is 430 g/mol. The van der Waals surface area contributed by atoms with E-state index >= 15 is 0 Å². The van der Waals surface area contributed by atoms with Crippen LogP contribution in [-0.4, -0.2) is 10.9 Å². The topological polar surface area (TPSA) is 42.0 Å². The second-order valence-corrected chi connectivity index (χ2v) is 10.3. The molecular weight excluding hydrogens is 416 g/mol. The second kappa shape index (κ2) is 7.02. The summed E-state index contributed by atoms with van der Waals surface area (Å²) in [7, 11) is 0. The van der Waals surface area contributed by atoms with Gasteiger partial charge in [0.2, 0.25) is 0 Å². The number of halogens is 1. The van der Waals surface area contributed by atoms with Crippen LogP contribution >= 0.6 is 45.6 Å². The third-order valence-electron chi connectivity index (χ3n) is 4.70. The maximum Gasteiger partial charge on any atom is 0.266 e. The number of benzene rings is 1. The van der Waals surface area contributed by atoms with Gasteiger partial charge in [-0.25, -0.2) is 4.98 Å². The molecule has 0 unspecified atom stereocenters. The predicted octanol–water partition coefficient (Wildman–Crippen LogP) is 6.87. The van der Waals surface area contributed by atoms with E-state index in [0.717, 1.165) is 33.9 Å². The number of thiazole rings is 1. The lowest BCUT2D eigenvalue weighted by atomic mass is 9.96. The highest BCUT2D eigenvalue weighted by atomic mass is 35.5. The van der Waals surface area contributed by atoms with Gasteiger partial charge in [-0.3, -0.25) is 4.79 Å². The Morgan fingerprint density at radius 2 is 1.89 bits per heavy atom. The van der Waals surface area contributed by atoms with Crippen LogP contribution in [0.15, 0.2) is 36.4 Å². The van der Waals surface area contributed by atoms with Gasteiger partial charge in [0.1, 0.15) is 10.0 Å². The molecule has 7 heteroatoms.